The van der Waals surface area contributed by atoms with Crippen LogP contribution in [0.5, 0.6) is 0 Å². The lowest BCUT2D eigenvalue weighted by molar-refractivity contribution is -0.398. The highest BCUT2D eigenvalue weighted by Crippen LogP contribution is 2.28. The zero-order valence-corrected chi connectivity index (χ0v) is 37.0. The smallest absolute Gasteiger partial charge is 0.325 e. The summed E-state index contributed by atoms with van der Waals surface area (Å²) in [6.07, 6.45) is 12.7. The second-order valence-corrected chi connectivity index (χ2v) is 14.4. The summed E-state index contributed by atoms with van der Waals surface area (Å²) < 4.78 is 60.8. The van der Waals surface area contributed by atoms with E-state index in [2.05, 4.69) is 13.8 Å². The molecule has 334 valence electrons. The number of ether oxygens (including phenoxy) is 10. The Morgan fingerprint density at radius 2 is 0.786 bits per heavy atom. The lowest BCUT2D eigenvalue weighted by Crippen LogP contribution is -2.46. The molecule has 0 aliphatic carbocycles. The molecule has 0 radical (unpaired) electrons. The first-order chi connectivity index (χ1) is 27.1. The molecule has 0 amide bonds. The first-order valence-corrected chi connectivity index (χ1v) is 22.4. The summed E-state index contributed by atoms with van der Waals surface area (Å²) in [5, 5.41) is 0. The normalized spacial score (nSPS) is 13.8. The topological polar surface area (TPSA) is 152 Å². The average molecular weight is 808 g/mol. The van der Waals surface area contributed by atoms with Crippen LogP contribution in [0.4, 0.5) is 0 Å². The Labute approximate surface area is 341 Å². The van der Waals surface area contributed by atoms with E-state index in [0.29, 0.717) is 52.9 Å². The van der Waals surface area contributed by atoms with Crippen LogP contribution in [0.2, 0.25) is 0 Å². The minimum absolute atomic E-state index is 0.00197. The number of esters is 2. The van der Waals surface area contributed by atoms with E-state index in [-0.39, 0.29) is 25.7 Å². The molecular formula is C43H85NO12. The first-order valence-electron chi connectivity index (χ1n) is 22.4. The quantitative estimate of drug-likeness (QED) is 0.0354. The minimum Gasteiger partial charge on any atom is -0.435 e. The summed E-state index contributed by atoms with van der Waals surface area (Å²) in [5.74, 6) is -4.17. The Balaban J connectivity index is 5.90. The van der Waals surface area contributed by atoms with Gasteiger partial charge in [0.25, 0.3) is 11.9 Å². The number of carbonyl (C=O) groups is 2. The van der Waals surface area contributed by atoms with Crippen LogP contribution in [0.3, 0.4) is 0 Å². The van der Waals surface area contributed by atoms with Gasteiger partial charge in [-0.25, -0.2) is 0 Å². The van der Waals surface area contributed by atoms with Gasteiger partial charge in [0, 0.05) is 6.42 Å². The fourth-order valence-corrected chi connectivity index (χ4v) is 5.48. The van der Waals surface area contributed by atoms with Crippen LogP contribution in [0.1, 0.15) is 184 Å². The third-order valence-corrected chi connectivity index (χ3v) is 8.57. The second kappa shape index (κ2) is 36.6. The summed E-state index contributed by atoms with van der Waals surface area (Å²) >= 11 is 0. The van der Waals surface area contributed by atoms with E-state index in [0.717, 1.165) is 103 Å². The third kappa shape index (κ3) is 27.3. The number of carbonyl (C=O) groups excluding carboxylic acids is 2. The van der Waals surface area contributed by atoms with Crippen LogP contribution in [-0.2, 0) is 57.0 Å². The number of nitrogens with two attached hydrogens (primary N) is 1. The van der Waals surface area contributed by atoms with Gasteiger partial charge in [0.05, 0.1) is 65.7 Å². The zero-order chi connectivity index (χ0) is 41.8. The maximum Gasteiger partial charge on any atom is 0.325 e. The van der Waals surface area contributed by atoms with Crippen LogP contribution in [0.25, 0.3) is 0 Å². The van der Waals surface area contributed by atoms with Crippen LogP contribution >= 0.6 is 0 Å². The highest BCUT2D eigenvalue weighted by Gasteiger charge is 2.40. The summed E-state index contributed by atoms with van der Waals surface area (Å²) in [7, 11) is 0. The minimum atomic E-state index is -1.45. The summed E-state index contributed by atoms with van der Waals surface area (Å²) in [6.45, 7) is 19.5. The van der Waals surface area contributed by atoms with Gasteiger partial charge in [-0.1, -0.05) is 107 Å². The second-order valence-electron chi connectivity index (χ2n) is 14.4. The molecule has 0 saturated carbocycles. The molecule has 0 aliphatic heterocycles. The fraction of sp³-hybridized carbons (Fsp3) is 0.953. The van der Waals surface area contributed by atoms with Crippen molar-refractivity contribution >= 4 is 11.9 Å². The molecule has 0 rings (SSSR count). The van der Waals surface area contributed by atoms with Crippen molar-refractivity contribution in [3.8, 4) is 0 Å². The van der Waals surface area contributed by atoms with Crippen molar-refractivity contribution in [1.29, 1.82) is 0 Å². The number of hydrogen-bond acceptors (Lipinski definition) is 13. The summed E-state index contributed by atoms with van der Waals surface area (Å²) in [6, 6.07) is -1.12. The molecular weight excluding hydrogens is 722 g/mol. The number of rotatable bonds is 42. The SMILES string of the molecule is CCCCCCCOC(CC(OCCC)(OCCC)OCCC)OC(=O)CC[C@H](N)C(=O)OC(CC(OCCC)(OCCC)OCCC)OCCCCCCC. The molecule has 3 atom stereocenters. The molecule has 56 heavy (non-hydrogen) atoms. The van der Waals surface area contributed by atoms with Crippen molar-refractivity contribution < 1.29 is 57.0 Å². The molecule has 2 N–H and O–H groups in total. The Hall–Kier alpha value is -1.42. The lowest BCUT2D eigenvalue weighted by Gasteiger charge is -2.35. The van der Waals surface area contributed by atoms with Crippen molar-refractivity contribution in [3.05, 3.63) is 0 Å². The molecule has 0 saturated heterocycles. The monoisotopic (exact) mass is 808 g/mol. The van der Waals surface area contributed by atoms with Crippen molar-refractivity contribution in [2.45, 2.75) is 214 Å². The average Bonchev–Trinajstić information content (AvgIpc) is 3.20. The zero-order valence-electron chi connectivity index (χ0n) is 37.0. The van der Waals surface area contributed by atoms with Crippen molar-refractivity contribution in [3.63, 3.8) is 0 Å². The van der Waals surface area contributed by atoms with Crippen molar-refractivity contribution in [1.82, 2.24) is 0 Å². The predicted octanol–water partition coefficient (Wildman–Crippen LogP) is 9.45. The molecule has 0 aliphatic rings. The summed E-state index contributed by atoms with van der Waals surface area (Å²) in [5.41, 5.74) is 6.34. The van der Waals surface area contributed by atoms with Crippen LogP contribution in [0.15, 0.2) is 0 Å². The largest absolute Gasteiger partial charge is 0.435 e. The van der Waals surface area contributed by atoms with E-state index >= 15 is 0 Å². The molecule has 0 heterocycles. The van der Waals surface area contributed by atoms with E-state index in [9.17, 15) is 9.59 Å². The Bertz CT molecular complexity index is 867. The van der Waals surface area contributed by atoms with Gasteiger partial charge in [-0.05, 0) is 57.8 Å². The van der Waals surface area contributed by atoms with E-state index in [4.69, 9.17) is 53.1 Å². The van der Waals surface area contributed by atoms with Gasteiger partial charge < -0.3 is 53.1 Å². The van der Waals surface area contributed by atoms with Gasteiger partial charge in [-0.15, -0.1) is 0 Å². The molecule has 0 fully saturated rings. The molecule has 0 spiro atoms. The first kappa shape index (κ1) is 54.6. The number of unbranched alkanes of at least 4 members (excludes halogenated alkanes) is 8. The molecule has 0 aromatic heterocycles. The maximum absolute atomic E-state index is 13.5. The Kier molecular flexibility index (Phi) is 35.7. The lowest BCUT2D eigenvalue weighted by atomic mass is 10.1. The predicted molar refractivity (Wildman–Crippen MR) is 219 cm³/mol. The van der Waals surface area contributed by atoms with Crippen LogP contribution in [0, 0.1) is 0 Å². The highest BCUT2D eigenvalue weighted by molar-refractivity contribution is 5.77. The van der Waals surface area contributed by atoms with Gasteiger partial charge in [0.2, 0.25) is 12.6 Å². The van der Waals surface area contributed by atoms with Gasteiger partial charge in [-0.2, -0.15) is 0 Å². The third-order valence-electron chi connectivity index (χ3n) is 8.57. The van der Waals surface area contributed by atoms with Crippen LogP contribution < -0.4 is 5.73 Å². The van der Waals surface area contributed by atoms with Gasteiger partial charge in [0.1, 0.15) is 6.04 Å². The molecule has 13 nitrogen and oxygen atoms in total. The Morgan fingerprint density at radius 1 is 0.446 bits per heavy atom. The van der Waals surface area contributed by atoms with E-state index in [1.165, 1.54) is 0 Å². The van der Waals surface area contributed by atoms with Crippen molar-refractivity contribution in [2.75, 3.05) is 52.9 Å². The Morgan fingerprint density at radius 3 is 1.12 bits per heavy atom. The van der Waals surface area contributed by atoms with E-state index in [1.807, 2.05) is 41.5 Å². The van der Waals surface area contributed by atoms with Crippen LogP contribution in [-0.4, -0.2) is 95.4 Å². The van der Waals surface area contributed by atoms with Crippen molar-refractivity contribution in [2.24, 2.45) is 5.73 Å². The molecule has 0 aromatic carbocycles. The molecule has 0 bridgehead atoms. The molecule has 2 unspecified atom stereocenters. The maximum atomic E-state index is 13.5. The van der Waals surface area contributed by atoms with Gasteiger partial charge in [0.15, 0.2) is 0 Å². The fourth-order valence-electron chi connectivity index (χ4n) is 5.48. The highest BCUT2D eigenvalue weighted by atomic mass is 16.9. The molecule has 13 heteroatoms. The standard InChI is InChI=1S/C43H85NO12/c1-9-17-19-21-23-33-47-39(35-42(49-27-11-3,50-28-12-4)51-29-13-5)55-38(45)26-25-37(44)41(46)56-40(48-34-24-22-20-18-10-2)36-43(52-30-14-6,53-31-15-7)54-32-16-8/h37,39-40H,9-36,44H2,1-8H3/t37-,39?,40?/m0/s1. The van der Waals surface area contributed by atoms with E-state index < -0.39 is 42.5 Å². The van der Waals surface area contributed by atoms with Gasteiger partial charge in [-0.3, -0.25) is 9.59 Å². The number of hydrogen-bond donors (Lipinski definition) is 1. The molecule has 0 aromatic rings. The van der Waals surface area contributed by atoms with Gasteiger partial charge >= 0.3 is 11.9 Å². The van der Waals surface area contributed by atoms with E-state index in [1.54, 1.807) is 0 Å². The summed E-state index contributed by atoms with van der Waals surface area (Å²) in [4.78, 5) is 26.8.